The summed E-state index contributed by atoms with van der Waals surface area (Å²) < 4.78 is 5.44. The van der Waals surface area contributed by atoms with E-state index in [4.69, 9.17) is 10.3 Å². The van der Waals surface area contributed by atoms with E-state index in [1.54, 1.807) is 0 Å². The molecule has 1 aromatic heterocycles. The molecule has 1 aromatic rings. The molecule has 1 saturated carbocycles. The molecule has 18 heavy (non-hydrogen) atoms. The summed E-state index contributed by atoms with van der Waals surface area (Å²) in [6, 6.07) is 0.149. The molecule has 102 valence electrons. The average Bonchev–Trinajstić information content (AvgIpc) is 2.87. The molecule has 5 nitrogen and oxygen atoms in total. The highest BCUT2D eigenvalue weighted by Gasteiger charge is 2.37. The van der Waals surface area contributed by atoms with Crippen LogP contribution in [0.3, 0.4) is 0 Å². The lowest BCUT2D eigenvalue weighted by Gasteiger charge is -2.24. The zero-order chi connectivity index (χ0) is 13.3. The van der Waals surface area contributed by atoms with Gasteiger partial charge in [0.2, 0.25) is 5.89 Å². The number of hydrogen-bond donors (Lipinski definition) is 1. The highest BCUT2D eigenvalue weighted by atomic mass is 16.5. The van der Waals surface area contributed by atoms with Crippen LogP contribution in [0.1, 0.15) is 57.3 Å². The highest BCUT2D eigenvalue weighted by Crippen LogP contribution is 2.35. The Morgan fingerprint density at radius 3 is 2.39 bits per heavy atom. The summed E-state index contributed by atoms with van der Waals surface area (Å²) in [6.45, 7) is 4.31. The van der Waals surface area contributed by atoms with Gasteiger partial charge in [-0.3, -0.25) is 4.90 Å². The first-order chi connectivity index (χ1) is 8.44. The highest BCUT2D eigenvalue weighted by molar-refractivity contribution is 5.07. The molecule has 0 spiro atoms. The van der Waals surface area contributed by atoms with E-state index in [0.29, 0.717) is 17.6 Å². The van der Waals surface area contributed by atoms with Gasteiger partial charge in [-0.1, -0.05) is 31.8 Å². The lowest BCUT2D eigenvalue weighted by atomic mass is 9.98. The van der Waals surface area contributed by atoms with E-state index < -0.39 is 0 Å². The van der Waals surface area contributed by atoms with Crippen LogP contribution in [0.4, 0.5) is 0 Å². The summed E-state index contributed by atoms with van der Waals surface area (Å²) in [4.78, 5) is 6.67. The summed E-state index contributed by atoms with van der Waals surface area (Å²) in [7, 11) is 4.06. The van der Waals surface area contributed by atoms with E-state index in [9.17, 15) is 0 Å². The van der Waals surface area contributed by atoms with Gasteiger partial charge >= 0.3 is 0 Å². The molecule has 1 fully saturated rings. The standard InChI is InChI=1S/C13H24N4O/c1-9(2)10(17(3)4)11-15-12(16-18-11)13(14)7-5-6-8-13/h9-10H,5-8,14H2,1-4H3. The average molecular weight is 252 g/mol. The minimum Gasteiger partial charge on any atom is -0.338 e. The van der Waals surface area contributed by atoms with E-state index >= 15 is 0 Å². The summed E-state index contributed by atoms with van der Waals surface area (Å²) in [5.74, 6) is 1.79. The van der Waals surface area contributed by atoms with Crippen molar-refractivity contribution < 1.29 is 4.52 Å². The predicted octanol–water partition coefficient (Wildman–Crippen LogP) is 2.06. The maximum absolute atomic E-state index is 6.35. The van der Waals surface area contributed by atoms with E-state index in [-0.39, 0.29) is 11.6 Å². The van der Waals surface area contributed by atoms with Crippen LogP contribution in [0, 0.1) is 5.92 Å². The van der Waals surface area contributed by atoms with Crippen molar-refractivity contribution in [2.24, 2.45) is 11.7 Å². The molecule has 1 aliphatic rings. The predicted molar refractivity (Wildman–Crippen MR) is 69.9 cm³/mol. The smallest absolute Gasteiger partial charge is 0.244 e. The molecule has 2 rings (SSSR count). The molecule has 1 unspecified atom stereocenters. The van der Waals surface area contributed by atoms with Gasteiger partial charge in [0, 0.05) is 0 Å². The van der Waals surface area contributed by atoms with Crippen molar-refractivity contribution in [2.75, 3.05) is 14.1 Å². The van der Waals surface area contributed by atoms with Crippen LogP contribution < -0.4 is 5.73 Å². The first-order valence-corrected chi connectivity index (χ1v) is 6.73. The first kappa shape index (κ1) is 13.5. The summed E-state index contributed by atoms with van der Waals surface area (Å²) >= 11 is 0. The van der Waals surface area contributed by atoms with Gasteiger partial charge < -0.3 is 10.3 Å². The summed E-state index contributed by atoms with van der Waals surface area (Å²) in [5.41, 5.74) is 5.98. The minimum atomic E-state index is -0.365. The van der Waals surface area contributed by atoms with E-state index in [1.165, 1.54) is 0 Å². The Bertz CT molecular complexity index is 385. The van der Waals surface area contributed by atoms with Gasteiger partial charge in [0.15, 0.2) is 5.82 Å². The second kappa shape index (κ2) is 4.97. The molecule has 0 amide bonds. The largest absolute Gasteiger partial charge is 0.338 e. The SMILES string of the molecule is CC(C)C(c1nc(C2(N)CCCC2)no1)N(C)C. The Balaban J connectivity index is 2.24. The van der Waals surface area contributed by atoms with Crippen molar-refractivity contribution in [1.29, 1.82) is 0 Å². The molecule has 2 N–H and O–H groups in total. The number of hydrogen-bond acceptors (Lipinski definition) is 5. The van der Waals surface area contributed by atoms with Crippen LogP contribution in [0.25, 0.3) is 0 Å². The Morgan fingerprint density at radius 1 is 1.28 bits per heavy atom. The van der Waals surface area contributed by atoms with Crippen molar-refractivity contribution in [2.45, 2.75) is 51.1 Å². The van der Waals surface area contributed by atoms with Gasteiger partial charge in [0.1, 0.15) is 0 Å². The van der Waals surface area contributed by atoms with Gasteiger partial charge in [0.25, 0.3) is 0 Å². The van der Waals surface area contributed by atoms with Crippen LogP contribution in [-0.4, -0.2) is 29.1 Å². The summed E-state index contributed by atoms with van der Waals surface area (Å²) in [5, 5.41) is 4.12. The first-order valence-electron chi connectivity index (χ1n) is 6.73. The zero-order valence-corrected chi connectivity index (χ0v) is 11.8. The van der Waals surface area contributed by atoms with Crippen LogP contribution in [0.5, 0.6) is 0 Å². The molecule has 5 heteroatoms. The van der Waals surface area contributed by atoms with E-state index in [1.807, 2.05) is 14.1 Å². The second-order valence-electron chi connectivity index (χ2n) is 5.97. The fraction of sp³-hybridized carbons (Fsp3) is 0.846. The van der Waals surface area contributed by atoms with Gasteiger partial charge in [0.05, 0.1) is 11.6 Å². The molecule has 0 aromatic carbocycles. The maximum atomic E-state index is 6.35. The number of rotatable bonds is 4. The normalized spacial score (nSPS) is 20.8. The molecule has 0 bridgehead atoms. The molecular formula is C13H24N4O. The molecular weight excluding hydrogens is 228 g/mol. The van der Waals surface area contributed by atoms with Crippen molar-refractivity contribution in [3.05, 3.63) is 11.7 Å². The lowest BCUT2D eigenvalue weighted by Crippen LogP contribution is -2.34. The minimum absolute atomic E-state index is 0.149. The fourth-order valence-electron chi connectivity index (χ4n) is 2.89. The third-order valence-corrected chi connectivity index (χ3v) is 3.82. The van der Waals surface area contributed by atoms with Crippen molar-refractivity contribution >= 4 is 0 Å². The quantitative estimate of drug-likeness (QED) is 0.888. The molecule has 1 heterocycles. The van der Waals surface area contributed by atoms with Gasteiger partial charge in [-0.05, 0) is 32.9 Å². The maximum Gasteiger partial charge on any atom is 0.244 e. The molecule has 0 aliphatic heterocycles. The molecule has 0 saturated heterocycles. The Morgan fingerprint density at radius 2 is 1.89 bits per heavy atom. The van der Waals surface area contributed by atoms with E-state index in [2.05, 4.69) is 28.9 Å². The van der Waals surface area contributed by atoms with Crippen molar-refractivity contribution in [3.8, 4) is 0 Å². The number of aromatic nitrogens is 2. The van der Waals surface area contributed by atoms with Crippen LogP contribution in [0.2, 0.25) is 0 Å². The third kappa shape index (κ3) is 2.42. The fourth-order valence-corrected chi connectivity index (χ4v) is 2.89. The lowest BCUT2D eigenvalue weighted by molar-refractivity contribution is 0.181. The molecule has 1 atom stereocenters. The zero-order valence-electron chi connectivity index (χ0n) is 11.8. The second-order valence-corrected chi connectivity index (χ2v) is 5.97. The Hall–Kier alpha value is -0.940. The van der Waals surface area contributed by atoms with Crippen LogP contribution >= 0.6 is 0 Å². The molecule has 1 aliphatic carbocycles. The third-order valence-electron chi connectivity index (χ3n) is 3.82. The van der Waals surface area contributed by atoms with Crippen molar-refractivity contribution in [1.82, 2.24) is 15.0 Å². The van der Waals surface area contributed by atoms with E-state index in [0.717, 1.165) is 25.7 Å². The van der Waals surface area contributed by atoms with Crippen molar-refractivity contribution in [3.63, 3.8) is 0 Å². The topological polar surface area (TPSA) is 68.2 Å². The van der Waals surface area contributed by atoms with Crippen LogP contribution in [0.15, 0.2) is 4.52 Å². The monoisotopic (exact) mass is 252 g/mol. The molecule has 0 radical (unpaired) electrons. The summed E-state index contributed by atoms with van der Waals surface area (Å²) in [6.07, 6.45) is 4.23. The number of nitrogens with zero attached hydrogens (tertiary/aromatic N) is 3. The van der Waals surface area contributed by atoms with Gasteiger partial charge in [-0.15, -0.1) is 0 Å². The number of nitrogens with two attached hydrogens (primary N) is 1. The van der Waals surface area contributed by atoms with Gasteiger partial charge in [-0.2, -0.15) is 4.98 Å². The Kier molecular flexibility index (Phi) is 3.73. The van der Waals surface area contributed by atoms with Crippen LogP contribution in [-0.2, 0) is 5.54 Å². The Labute approximate surface area is 109 Å². The van der Waals surface area contributed by atoms with Gasteiger partial charge in [-0.25, -0.2) is 0 Å².